The monoisotopic (exact) mass is 186 g/mol. The smallest absolute Gasteiger partial charge is 0.0691 e. The number of rotatable bonds is 5. The van der Waals surface area contributed by atoms with Gasteiger partial charge in [0.1, 0.15) is 0 Å². The topological polar surface area (TPSA) is 38.5 Å². The predicted molar refractivity (Wildman–Crippen MR) is 54.3 cm³/mol. The molecule has 0 aromatic heterocycles. The van der Waals surface area contributed by atoms with Crippen molar-refractivity contribution in [1.82, 2.24) is 4.90 Å². The third kappa shape index (κ3) is 4.07. The Morgan fingerprint density at radius 1 is 1.31 bits per heavy atom. The van der Waals surface area contributed by atoms with Gasteiger partial charge in [0.25, 0.3) is 0 Å². The molecule has 0 atom stereocenters. The zero-order valence-electron chi connectivity index (χ0n) is 8.67. The molecular formula is C10H22N2O. The van der Waals surface area contributed by atoms with E-state index in [9.17, 15) is 0 Å². The Morgan fingerprint density at radius 2 is 2.00 bits per heavy atom. The Kier molecular flexibility index (Phi) is 5.35. The molecule has 0 aromatic rings. The standard InChI is InChI=1S/C10H22N2O/c1-12(8-5-9-13-11)10-6-3-2-4-7-10/h10H,2-9,11H2,1H3. The van der Waals surface area contributed by atoms with Gasteiger partial charge < -0.3 is 9.74 Å². The van der Waals surface area contributed by atoms with Crippen molar-refractivity contribution in [2.24, 2.45) is 5.90 Å². The van der Waals surface area contributed by atoms with Crippen molar-refractivity contribution in [1.29, 1.82) is 0 Å². The van der Waals surface area contributed by atoms with E-state index in [2.05, 4.69) is 16.8 Å². The van der Waals surface area contributed by atoms with Crippen LogP contribution in [0.25, 0.3) is 0 Å². The minimum atomic E-state index is 0.678. The molecule has 0 spiro atoms. The van der Waals surface area contributed by atoms with Crippen LogP contribution in [-0.2, 0) is 4.84 Å². The Morgan fingerprint density at radius 3 is 2.62 bits per heavy atom. The highest BCUT2D eigenvalue weighted by molar-refractivity contribution is 4.73. The van der Waals surface area contributed by atoms with E-state index in [1.54, 1.807) is 0 Å². The number of nitrogens with two attached hydrogens (primary N) is 1. The second kappa shape index (κ2) is 6.35. The van der Waals surface area contributed by atoms with Crippen molar-refractivity contribution in [2.75, 3.05) is 20.2 Å². The molecule has 13 heavy (non-hydrogen) atoms. The quantitative estimate of drug-likeness (QED) is 0.523. The maximum absolute atomic E-state index is 4.97. The van der Waals surface area contributed by atoms with Gasteiger partial charge in [-0.2, -0.15) is 0 Å². The molecule has 0 unspecified atom stereocenters. The van der Waals surface area contributed by atoms with Gasteiger partial charge in [0.05, 0.1) is 6.61 Å². The number of nitrogens with zero attached hydrogens (tertiary/aromatic N) is 1. The molecule has 1 rings (SSSR count). The lowest BCUT2D eigenvalue weighted by Gasteiger charge is -2.31. The van der Waals surface area contributed by atoms with E-state index >= 15 is 0 Å². The van der Waals surface area contributed by atoms with Crippen molar-refractivity contribution >= 4 is 0 Å². The summed E-state index contributed by atoms with van der Waals surface area (Å²) in [6, 6.07) is 0.812. The third-order valence-electron chi connectivity index (χ3n) is 2.97. The van der Waals surface area contributed by atoms with E-state index in [4.69, 9.17) is 5.90 Å². The normalized spacial score (nSPS) is 19.6. The highest BCUT2D eigenvalue weighted by atomic mass is 16.6. The molecule has 2 N–H and O–H groups in total. The van der Waals surface area contributed by atoms with Gasteiger partial charge in [-0.05, 0) is 26.3 Å². The third-order valence-corrected chi connectivity index (χ3v) is 2.97. The molecule has 1 aliphatic rings. The molecule has 0 aromatic carbocycles. The van der Waals surface area contributed by atoms with Crippen molar-refractivity contribution in [3.05, 3.63) is 0 Å². The minimum absolute atomic E-state index is 0.678. The molecule has 78 valence electrons. The van der Waals surface area contributed by atoms with Crippen molar-refractivity contribution < 1.29 is 4.84 Å². The zero-order chi connectivity index (χ0) is 9.52. The van der Waals surface area contributed by atoms with E-state index in [-0.39, 0.29) is 0 Å². The summed E-state index contributed by atoms with van der Waals surface area (Å²) in [6.07, 6.45) is 8.03. The molecule has 3 heteroatoms. The molecule has 0 bridgehead atoms. The van der Waals surface area contributed by atoms with Gasteiger partial charge in [-0.25, -0.2) is 5.90 Å². The Labute approximate surface area is 81.2 Å². The SMILES string of the molecule is CN(CCCON)C1CCCCC1. The van der Waals surface area contributed by atoms with Gasteiger partial charge in [-0.1, -0.05) is 19.3 Å². The Bertz CT molecular complexity index is 124. The first-order valence-electron chi connectivity index (χ1n) is 5.36. The molecule has 0 saturated heterocycles. The summed E-state index contributed by atoms with van der Waals surface area (Å²) in [5, 5.41) is 0. The average Bonchev–Trinajstić information content (AvgIpc) is 2.19. The van der Waals surface area contributed by atoms with Crippen LogP contribution in [0.2, 0.25) is 0 Å². The molecule has 0 aliphatic heterocycles. The van der Waals surface area contributed by atoms with Gasteiger partial charge in [-0.3, -0.25) is 0 Å². The second-order valence-corrected chi connectivity index (χ2v) is 4.00. The summed E-state index contributed by atoms with van der Waals surface area (Å²) in [5.74, 6) is 4.97. The van der Waals surface area contributed by atoms with E-state index < -0.39 is 0 Å². The lowest BCUT2D eigenvalue weighted by molar-refractivity contribution is 0.114. The first-order valence-corrected chi connectivity index (χ1v) is 5.36. The van der Waals surface area contributed by atoms with Crippen LogP contribution in [0.3, 0.4) is 0 Å². The minimum Gasteiger partial charge on any atom is -0.305 e. The van der Waals surface area contributed by atoms with Crippen LogP contribution in [0, 0.1) is 0 Å². The van der Waals surface area contributed by atoms with E-state index in [1.807, 2.05) is 0 Å². The molecule has 3 nitrogen and oxygen atoms in total. The Balaban J connectivity index is 2.09. The molecule has 0 radical (unpaired) electrons. The summed E-state index contributed by atoms with van der Waals surface area (Å²) in [7, 11) is 2.21. The fourth-order valence-corrected chi connectivity index (χ4v) is 2.10. The average molecular weight is 186 g/mol. The van der Waals surface area contributed by atoms with Crippen molar-refractivity contribution in [3.8, 4) is 0 Å². The van der Waals surface area contributed by atoms with Gasteiger partial charge in [-0.15, -0.1) is 0 Å². The van der Waals surface area contributed by atoms with Crippen LogP contribution in [0.1, 0.15) is 38.5 Å². The molecule has 0 heterocycles. The van der Waals surface area contributed by atoms with E-state index in [0.717, 1.165) is 19.0 Å². The van der Waals surface area contributed by atoms with Crippen molar-refractivity contribution in [3.63, 3.8) is 0 Å². The van der Waals surface area contributed by atoms with Crippen LogP contribution in [-0.4, -0.2) is 31.1 Å². The second-order valence-electron chi connectivity index (χ2n) is 4.00. The van der Waals surface area contributed by atoms with Gasteiger partial charge in [0.15, 0.2) is 0 Å². The highest BCUT2D eigenvalue weighted by Gasteiger charge is 2.16. The molecule has 0 amide bonds. The molecular weight excluding hydrogens is 164 g/mol. The highest BCUT2D eigenvalue weighted by Crippen LogP contribution is 2.21. The van der Waals surface area contributed by atoms with Crippen LogP contribution in [0.4, 0.5) is 0 Å². The van der Waals surface area contributed by atoms with Gasteiger partial charge in [0, 0.05) is 12.6 Å². The maximum atomic E-state index is 4.97. The number of hydrogen-bond acceptors (Lipinski definition) is 3. The summed E-state index contributed by atoms with van der Waals surface area (Å²) >= 11 is 0. The van der Waals surface area contributed by atoms with Crippen LogP contribution >= 0.6 is 0 Å². The van der Waals surface area contributed by atoms with E-state index in [1.165, 1.54) is 32.1 Å². The fraction of sp³-hybridized carbons (Fsp3) is 1.00. The Hall–Kier alpha value is -0.120. The van der Waals surface area contributed by atoms with Gasteiger partial charge in [0.2, 0.25) is 0 Å². The summed E-state index contributed by atoms with van der Waals surface area (Å²) in [4.78, 5) is 7.01. The van der Waals surface area contributed by atoms with Crippen LogP contribution < -0.4 is 5.90 Å². The fourth-order valence-electron chi connectivity index (χ4n) is 2.10. The summed E-state index contributed by atoms with van der Waals surface area (Å²) in [6.45, 7) is 1.79. The molecule has 1 saturated carbocycles. The van der Waals surface area contributed by atoms with Crippen LogP contribution in [0.5, 0.6) is 0 Å². The first kappa shape index (κ1) is 11.0. The zero-order valence-corrected chi connectivity index (χ0v) is 8.67. The van der Waals surface area contributed by atoms with E-state index in [0.29, 0.717) is 6.61 Å². The van der Waals surface area contributed by atoms with Gasteiger partial charge >= 0.3 is 0 Å². The van der Waals surface area contributed by atoms with Crippen LogP contribution in [0.15, 0.2) is 0 Å². The first-order chi connectivity index (χ1) is 6.34. The largest absolute Gasteiger partial charge is 0.305 e. The lowest BCUT2D eigenvalue weighted by Crippen LogP contribution is -2.34. The van der Waals surface area contributed by atoms with Crippen molar-refractivity contribution in [2.45, 2.75) is 44.6 Å². The predicted octanol–water partition coefficient (Wildman–Crippen LogP) is 1.53. The maximum Gasteiger partial charge on any atom is 0.0691 e. The summed E-state index contributed by atoms with van der Waals surface area (Å²) in [5.41, 5.74) is 0. The lowest BCUT2D eigenvalue weighted by atomic mass is 9.94. The molecule has 1 aliphatic carbocycles. The molecule has 1 fully saturated rings. The summed E-state index contributed by atoms with van der Waals surface area (Å²) < 4.78 is 0. The number of hydrogen-bond donors (Lipinski definition) is 1.